The molecule has 0 amide bonds. The molecule has 2 saturated carbocycles. The Kier molecular flexibility index (Phi) is 3.49. The van der Waals surface area contributed by atoms with Crippen molar-refractivity contribution in [3.05, 3.63) is 0 Å². The number of thioether (sulfide) groups is 1. The van der Waals surface area contributed by atoms with Gasteiger partial charge in [-0.15, -0.1) is 0 Å². The molecule has 0 aromatic carbocycles. The van der Waals surface area contributed by atoms with Crippen molar-refractivity contribution in [1.29, 1.82) is 0 Å². The molecule has 0 aromatic rings. The number of hydrogen-bond acceptors (Lipinski definition) is 2. The molecule has 5 atom stereocenters. The van der Waals surface area contributed by atoms with E-state index in [2.05, 4.69) is 0 Å². The number of hydrogen-bond donors (Lipinski definition) is 1. The number of aliphatic hydroxyl groups is 1. The first-order valence-corrected chi connectivity index (χ1v) is 8.17. The highest BCUT2D eigenvalue weighted by molar-refractivity contribution is 8.00. The molecule has 3 aliphatic rings. The Balaban J connectivity index is 1.50. The van der Waals surface area contributed by atoms with Crippen molar-refractivity contribution >= 4 is 11.8 Å². The van der Waals surface area contributed by atoms with Crippen LogP contribution in [0.1, 0.15) is 51.4 Å². The average molecular weight is 240 g/mol. The van der Waals surface area contributed by atoms with E-state index in [1.54, 1.807) is 0 Å². The monoisotopic (exact) mass is 240 g/mol. The summed E-state index contributed by atoms with van der Waals surface area (Å²) in [5.41, 5.74) is 0. The van der Waals surface area contributed by atoms with Crippen LogP contribution in [0.25, 0.3) is 0 Å². The molecule has 1 nitrogen and oxygen atoms in total. The first-order chi connectivity index (χ1) is 7.83. The van der Waals surface area contributed by atoms with Crippen molar-refractivity contribution in [2.24, 2.45) is 17.8 Å². The molecule has 1 N–H and O–H groups in total. The molecule has 1 aliphatic heterocycles. The van der Waals surface area contributed by atoms with Crippen LogP contribution in [0.5, 0.6) is 0 Å². The van der Waals surface area contributed by atoms with Gasteiger partial charge >= 0.3 is 0 Å². The van der Waals surface area contributed by atoms with Crippen molar-refractivity contribution in [2.75, 3.05) is 5.75 Å². The Morgan fingerprint density at radius 2 is 2.06 bits per heavy atom. The van der Waals surface area contributed by atoms with Gasteiger partial charge in [0.2, 0.25) is 0 Å². The van der Waals surface area contributed by atoms with Crippen LogP contribution in [-0.4, -0.2) is 22.2 Å². The SMILES string of the molecule is OC(CC1CC2CCC1C2)C1CCCCS1. The Hall–Kier alpha value is 0.310. The average Bonchev–Trinajstić information content (AvgIpc) is 2.92. The van der Waals surface area contributed by atoms with E-state index in [0.29, 0.717) is 5.25 Å². The number of rotatable bonds is 3. The maximum Gasteiger partial charge on any atom is 0.0661 e. The van der Waals surface area contributed by atoms with Crippen LogP contribution >= 0.6 is 11.8 Å². The number of fused-ring (bicyclic) bond motifs is 2. The van der Waals surface area contributed by atoms with Gasteiger partial charge in [-0.2, -0.15) is 11.8 Å². The van der Waals surface area contributed by atoms with Crippen molar-refractivity contribution < 1.29 is 5.11 Å². The summed E-state index contributed by atoms with van der Waals surface area (Å²) < 4.78 is 0. The highest BCUT2D eigenvalue weighted by Gasteiger charge is 2.40. The molecule has 2 heteroatoms. The van der Waals surface area contributed by atoms with E-state index in [1.807, 2.05) is 11.8 Å². The molecule has 16 heavy (non-hydrogen) atoms. The summed E-state index contributed by atoms with van der Waals surface area (Å²) in [6, 6.07) is 0. The largest absolute Gasteiger partial charge is 0.392 e. The van der Waals surface area contributed by atoms with Crippen LogP contribution in [0.15, 0.2) is 0 Å². The van der Waals surface area contributed by atoms with Crippen LogP contribution in [-0.2, 0) is 0 Å². The second-order valence-corrected chi connectivity index (χ2v) is 7.49. The quantitative estimate of drug-likeness (QED) is 0.815. The van der Waals surface area contributed by atoms with Crippen molar-refractivity contribution in [2.45, 2.75) is 62.7 Å². The summed E-state index contributed by atoms with van der Waals surface area (Å²) in [6.07, 6.45) is 10.9. The summed E-state index contributed by atoms with van der Waals surface area (Å²) in [5.74, 6) is 4.16. The highest BCUT2D eigenvalue weighted by Crippen LogP contribution is 2.50. The molecular formula is C14H24OS. The van der Waals surface area contributed by atoms with Gasteiger partial charge in [0.25, 0.3) is 0 Å². The molecule has 1 heterocycles. The van der Waals surface area contributed by atoms with Crippen molar-refractivity contribution in [1.82, 2.24) is 0 Å². The minimum Gasteiger partial charge on any atom is -0.392 e. The predicted molar refractivity (Wildman–Crippen MR) is 69.7 cm³/mol. The van der Waals surface area contributed by atoms with E-state index in [4.69, 9.17) is 0 Å². The van der Waals surface area contributed by atoms with Crippen LogP contribution in [0, 0.1) is 17.8 Å². The van der Waals surface area contributed by atoms with Crippen molar-refractivity contribution in [3.8, 4) is 0 Å². The second kappa shape index (κ2) is 4.89. The normalized spacial score (nSPS) is 44.8. The van der Waals surface area contributed by atoms with Crippen LogP contribution in [0.3, 0.4) is 0 Å². The van der Waals surface area contributed by atoms with E-state index >= 15 is 0 Å². The van der Waals surface area contributed by atoms with Gasteiger partial charge in [0.05, 0.1) is 6.10 Å². The topological polar surface area (TPSA) is 20.2 Å². The third-order valence-corrected chi connectivity index (χ3v) is 6.58. The molecule has 2 aliphatic carbocycles. The maximum absolute atomic E-state index is 10.3. The van der Waals surface area contributed by atoms with E-state index in [-0.39, 0.29) is 6.10 Å². The molecule has 92 valence electrons. The van der Waals surface area contributed by atoms with Gasteiger partial charge in [0.1, 0.15) is 0 Å². The first-order valence-electron chi connectivity index (χ1n) is 7.12. The first kappa shape index (κ1) is 11.4. The molecule has 3 fully saturated rings. The standard InChI is InChI=1S/C14H24OS/c15-13(14-3-1-2-6-16-14)9-12-8-10-4-5-11(12)7-10/h10-15H,1-9H2. The fourth-order valence-electron chi connectivity index (χ4n) is 4.20. The molecule has 5 unspecified atom stereocenters. The highest BCUT2D eigenvalue weighted by atomic mass is 32.2. The van der Waals surface area contributed by atoms with E-state index < -0.39 is 0 Å². The minimum absolute atomic E-state index is 0.00495. The van der Waals surface area contributed by atoms with Gasteiger partial charge in [-0.3, -0.25) is 0 Å². The third kappa shape index (κ3) is 2.28. The lowest BCUT2D eigenvalue weighted by atomic mass is 9.84. The summed E-state index contributed by atoms with van der Waals surface area (Å²) in [4.78, 5) is 0. The Morgan fingerprint density at radius 1 is 1.12 bits per heavy atom. The van der Waals surface area contributed by atoms with Crippen LogP contribution in [0.4, 0.5) is 0 Å². The van der Waals surface area contributed by atoms with Gasteiger partial charge in [0, 0.05) is 5.25 Å². The fourth-order valence-corrected chi connectivity index (χ4v) is 5.54. The van der Waals surface area contributed by atoms with Gasteiger partial charge in [-0.25, -0.2) is 0 Å². The lowest BCUT2D eigenvalue weighted by molar-refractivity contribution is 0.118. The predicted octanol–water partition coefficient (Wildman–Crippen LogP) is 3.46. The Labute approximate surface area is 103 Å². The zero-order chi connectivity index (χ0) is 11.0. The summed E-state index contributed by atoms with van der Waals surface area (Å²) >= 11 is 2.02. The molecule has 0 spiro atoms. The minimum atomic E-state index is -0.00495. The second-order valence-electron chi connectivity index (χ2n) is 6.14. The molecule has 3 rings (SSSR count). The molecule has 0 radical (unpaired) electrons. The number of aliphatic hydroxyl groups excluding tert-OH is 1. The van der Waals surface area contributed by atoms with Gasteiger partial charge in [0.15, 0.2) is 0 Å². The summed E-state index contributed by atoms with van der Waals surface area (Å²) in [7, 11) is 0. The third-order valence-electron chi connectivity index (χ3n) is 5.07. The van der Waals surface area contributed by atoms with E-state index in [1.165, 1.54) is 50.7 Å². The molecular weight excluding hydrogens is 216 g/mol. The van der Waals surface area contributed by atoms with E-state index in [0.717, 1.165) is 24.2 Å². The lowest BCUT2D eigenvalue weighted by Crippen LogP contribution is -2.29. The smallest absolute Gasteiger partial charge is 0.0661 e. The van der Waals surface area contributed by atoms with Gasteiger partial charge in [-0.05, 0) is 62.0 Å². The van der Waals surface area contributed by atoms with Gasteiger partial charge < -0.3 is 5.11 Å². The Bertz CT molecular complexity index is 237. The summed E-state index contributed by atoms with van der Waals surface area (Å²) in [6.45, 7) is 0. The van der Waals surface area contributed by atoms with Crippen LogP contribution < -0.4 is 0 Å². The lowest BCUT2D eigenvalue weighted by Gasteiger charge is -2.30. The maximum atomic E-state index is 10.3. The molecule has 0 aromatic heterocycles. The van der Waals surface area contributed by atoms with Crippen LogP contribution in [0.2, 0.25) is 0 Å². The Morgan fingerprint density at radius 3 is 2.69 bits per heavy atom. The van der Waals surface area contributed by atoms with Gasteiger partial charge in [-0.1, -0.05) is 12.8 Å². The molecule has 2 bridgehead atoms. The van der Waals surface area contributed by atoms with E-state index in [9.17, 15) is 5.11 Å². The van der Waals surface area contributed by atoms with Crippen molar-refractivity contribution in [3.63, 3.8) is 0 Å². The fraction of sp³-hybridized carbons (Fsp3) is 1.00. The zero-order valence-electron chi connectivity index (χ0n) is 10.1. The zero-order valence-corrected chi connectivity index (χ0v) is 10.9. The molecule has 1 saturated heterocycles. The summed E-state index contributed by atoms with van der Waals surface area (Å²) in [5, 5.41) is 10.9.